The molecule has 1 amide bonds. The highest BCUT2D eigenvalue weighted by atomic mass is 35.5. The van der Waals surface area contributed by atoms with Crippen molar-refractivity contribution in [1.82, 2.24) is 10.3 Å². The number of carbonyl (C=O) groups excluding carboxylic acids is 1. The largest absolute Gasteiger partial charge is 0.370 e. The number of pyridine rings is 1. The van der Waals surface area contributed by atoms with Gasteiger partial charge >= 0.3 is 0 Å². The van der Waals surface area contributed by atoms with Crippen LogP contribution in [-0.2, 0) is 10.3 Å². The number of benzene rings is 1. The number of anilines is 1. The first-order chi connectivity index (χ1) is 10.6. The SMILES string of the molecule is CC(N)(C(=O)NCCCNc1ccccn1)c1ccccc1.Cl.Cl. The van der Waals surface area contributed by atoms with Gasteiger partial charge in [0.2, 0.25) is 5.91 Å². The molecule has 1 heterocycles. The van der Waals surface area contributed by atoms with E-state index in [2.05, 4.69) is 15.6 Å². The molecule has 0 saturated carbocycles. The molecule has 5 nitrogen and oxygen atoms in total. The van der Waals surface area contributed by atoms with Crippen LogP contribution in [0.1, 0.15) is 18.9 Å². The van der Waals surface area contributed by atoms with Crippen molar-refractivity contribution in [3.05, 3.63) is 60.3 Å². The minimum Gasteiger partial charge on any atom is -0.370 e. The Hall–Kier alpha value is -1.82. The molecular weight excluding hydrogens is 347 g/mol. The van der Waals surface area contributed by atoms with Crippen molar-refractivity contribution in [2.45, 2.75) is 18.9 Å². The average Bonchev–Trinajstić information content (AvgIpc) is 2.56. The molecule has 0 fully saturated rings. The summed E-state index contributed by atoms with van der Waals surface area (Å²) in [5, 5.41) is 6.08. The fraction of sp³-hybridized carbons (Fsp3) is 0.294. The number of amides is 1. The first-order valence-corrected chi connectivity index (χ1v) is 7.38. The fourth-order valence-electron chi connectivity index (χ4n) is 2.07. The molecule has 0 saturated heterocycles. The molecule has 0 spiro atoms. The van der Waals surface area contributed by atoms with Crippen LogP contribution < -0.4 is 16.4 Å². The Bertz CT molecular complexity index is 594. The van der Waals surface area contributed by atoms with E-state index < -0.39 is 5.54 Å². The molecule has 7 heteroatoms. The van der Waals surface area contributed by atoms with Gasteiger partial charge in [-0.15, -0.1) is 24.8 Å². The molecule has 0 aliphatic rings. The molecule has 1 aromatic carbocycles. The second kappa shape index (κ2) is 10.9. The second-order valence-electron chi connectivity index (χ2n) is 5.32. The summed E-state index contributed by atoms with van der Waals surface area (Å²) in [4.78, 5) is 16.4. The van der Waals surface area contributed by atoms with Crippen molar-refractivity contribution in [3.63, 3.8) is 0 Å². The van der Waals surface area contributed by atoms with E-state index in [1.807, 2.05) is 48.5 Å². The molecule has 0 aliphatic heterocycles. The van der Waals surface area contributed by atoms with Gasteiger partial charge in [0.1, 0.15) is 11.4 Å². The summed E-state index contributed by atoms with van der Waals surface area (Å²) < 4.78 is 0. The summed E-state index contributed by atoms with van der Waals surface area (Å²) in [6.45, 7) is 3.03. The van der Waals surface area contributed by atoms with Gasteiger partial charge in [-0.25, -0.2) is 4.98 Å². The summed E-state index contributed by atoms with van der Waals surface area (Å²) in [6, 6.07) is 15.1. The zero-order valence-corrected chi connectivity index (χ0v) is 15.2. The lowest BCUT2D eigenvalue weighted by atomic mass is 9.92. The van der Waals surface area contributed by atoms with Crippen LogP contribution in [0.3, 0.4) is 0 Å². The minimum atomic E-state index is -1.02. The van der Waals surface area contributed by atoms with Gasteiger partial charge in [0.05, 0.1) is 0 Å². The smallest absolute Gasteiger partial charge is 0.244 e. The lowest BCUT2D eigenvalue weighted by Crippen LogP contribution is -2.49. The maximum atomic E-state index is 12.2. The summed E-state index contributed by atoms with van der Waals surface area (Å²) in [6.07, 6.45) is 2.54. The Morgan fingerprint density at radius 3 is 2.38 bits per heavy atom. The predicted octanol–water partition coefficient (Wildman–Crippen LogP) is 2.72. The van der Waals surface area contributed by atoms with Crippen LogP contribution in [0, 0.1) is 0 Å². The van der Waals surface area contributed by atoms with Gasteiger partial charge in [-0.05, 0) is 31.0 Å². The van der Waals surface area contributed by atoms with Gasteiger partial charge in [0, 0.05) is 19.3 Å². The Kier molecular flexibility index (Phi) is 10.0. The molecule has 0 radical (unpaired) electrons. The molecule has 1 unspecified atom stereocenters. The Labute approximate surface area is 155 Å². The van der Waals surface area contributed by atoms with E-state index in [4.69, 9.17) is 5.73 Å². The maximum absolute atomic E-state index is 12.2. The van der Waals surface area contributed by atoms with Gasteiger partial charge in [0.15, 0.2) is 0 Å². The topological polar surface area (TPSA) is 80.0 Å². The Morgan fingerprint density at radius 1 is 1.08 bits per heavy atom. The molecule has 0 aliphatic carbocycles. The lowest BCUT2D eigenvalue weighted by molar-refractivity contribution is -0.126. The third-order valence-electron chi connectivity index (χ3n) is 3.46. The zero-order valence-electron chi connectivity index (χ0n) is 13.6. The summed E-state index contributed by atoms with van der Waals surface area (Å²) >= 11 is 0. The lowest BCUT2D eigenvalue weighted by Gasteiger charge is -2.24. The van der Waals surface area contributed by atoms with Gasteiger partial charge < -0.3 is 16.4 Å². The highest BCUT2D eigenvalue weighted by molar-refractivity contribution is 5.87. The molecule has 0 bridgehead atoms. The fourth-order valence-corrected chi connectivity index (χ4v) is 2.07. The van der Waals surface area contributed by atoms with Crippen LogP contribution in [0.4, 0.5) is 5.82 Å². The minimum absolute atomic E-state index is 0. The predicted molar refractivity (Wildman–Crippen MR) is 103 cm³/mol. The number of nitrogens with two attached hydrogens (primary N) is 1. The van der Waals surface area contributed by atoms with Crippen LogP contribution in [0.25, 0.3) is 0 Å². The highest BCUT2D eigenvalue weighted by Crippen LogP contribution is 2.17. The number of halogens is 2. The first-order valence-electron chi connectivity index (χ1n) is 7.38. The standard InChI is InChI=1S/C17H22N4O.2ClH/c1-17(18,14-8-3-2-4-9-14)16(22)21-13-7-12-20-15-10-5-6-11-19-15;;/h2-6,8-11H,7,12-13,18H2,1H3,(H,19,20)(H,21,22);2*1H. The van der Waals surface area contributed by atoms with Crippen molar-refractivity contribution in [2.24, 2.45) is 5.73 Å². The summed E-state index contributed by atoms with van der Waals surface area (Å²) in [5.74, 6) is 0.665. The molecule has 1 atom stereocenters. The molecule has 132 valence electrons. The molecule has 2 aromatic rings. The van der Waals surface area contributed by atoms with E-state index in [0.29, 0.717) is 6.54 Å². The average molecular weight is 371 g/mol. The molecule has 4 N–H and O–H groups in total. The Balaban J connectivity index is 0.00000264. The van der Waals surface area contributed by atoms with Crippen LogP contribution in [0.5, 0.6) is 0 Å². The number of aromatic nitrogens is 1. The first kappa shape index (κ1) is 22.2. The van der Waals surface area contributed by atoms with Gasteiger partial charge in [-0.3, -0.25) is 4.79 Å². The third kappa shape index (κ3) is 6.35. The van der Waals surface area contributed by atoms with Crippen LogP contribution in [0.15, 0.2) is 54.7 Å². The van der Waals surface area contributed by atoms with Crippen LogP contribution in [0.2, 0.25) is 0 Å². The number of nitrogens with zero attached hydrogens (tertiary/aromatic N) is 1. The van der Waals surface area contributed by atoms with Crippen molar-refractivity contribution in [2.75, 3.05) is 18.4 Å². The summed E-state index contributed by atoms with van der Waals surface area (Å²) in [5.41, 5.74) is 5.94. The molecule has 1 aromatic heterocycles. The number of hydrogen-bond donors (Lipinski definition) is 3. The van der Waals surface area contributed by atoms with Crippen molar-refractivity contribution >= 4 is 36.5 Å². The third-order valence-corrected chi connectivity index (χ3v) is 3.46. The van der Waals surface area contributed by atoms with Crippen LogP contribution >= 0.6 is 24.8 Å². The number of hydrogen-bond acceptors (Lipinski definition) is 4. The van der Waals surface area contributed by atoms with E-state index in [-0.39, 0.29) is 30.7 Å². The van der Waals surface area contributed by atoms with Crippen molar-refractivity contribution in [1.29, 1.82) is 0 Å². The van der Waals surface area contributed by atoms with Crippen LogP contribution in [-0.4, -0.2) is 24.0 Å². The van der Waals surface area contributed by atoms with Gasteiger partial charge in [0.25, 0.3) is 0 Å². The molecule has 24 heavy (non-hydrogen) atoms. The quantitative estimate of drug-likeness (QED) is 0.654. The second-order valence-corrected chi connectivity index (χ2v) is 5.32. The van der Waals surface area contributed by atoms with E-state index >= 15 is 0 Å². The normalized spacial score (nSPS) is 12.1. The monoisotopic (exact) mass is 370 g/mol. The van der Waals surface area contributed by atoms with E-state index in [1.165, 1.54) is 0 Å². The molecule has 2 rings (SSSR count). The number of nitrogens with one attached hydrogen (secondary N) is 2. The number of carbonyl (C=O) groups is 1. The van der Waals surface area contributed by atoms with Crippen molar-refractivity contribution in [3.8, 4) is 0 Å². The van der Waals surface area contributed by atoms with Gasteiger partial charge in [-0.1, -0.05) is 36.4 Å². The summed E-state index contributed by atoms with van der Waals surface area (Å²) in [7, 11) is 0. The van der Waals surface area contributed by atoms with E-state index in [0.717, 1.165) is 24.3 Å². The maximum Gasteiger partial charge on any atom is 0.244 e. The van der Waals surface area contributed by atoms with E-state index in [1.54, 1.807) is 13.1 Å². The Morgan fingerprint density at radius 2 is 1.75 bits per heavy atom. The van der Waals surface area contributed by atoms with Gasteiger partial charge in [-0.2, -0.15) is 0 Å². The van der Waals surface area contributed by atoms with Crippen molar-refractivity contribution < 1.29 is 4.79 Å². The molecular formula is C17H24Cl2N4O. The highest BCUT2D eigenvalue weighted by Gasteiger charge is 2.29. The zero-order chi connectivity index (χ0) is 15.8. The number of rotatable bonds is 7. The van der Waals surface area contributed by atoms with E-state index in [9.17, 15) is 4.79 Å².